The molecule has 0 unspecified atom stereocenters. The standard InChI is InChI=1S/C13H15N3O3/c1-3-6-16-8-10(7-14-16)19-12-5-4-11(13(17)18)9(2)15-12/h4-5,7-8H,3,6H2,1-2H3,(H,17,18). The van der Waals surface area contributed by atoms with Gasteiger partial charge in [-0.15, -0.1) is 0 Å². The molecule has 0 bridgehead atoms. The first kappa shape index (κ1) is 13.1. The molecular formula is C13H15N3O3. The van der Waals surface area contributed by atoms with E-state index in [0.29, 0.717) is 17.3 Å². The fourth-order valence-corrected chi connectivity index (χ4v) is 1.69. The number of aromatic nitrogens is 3. The van der Waals surface area contributed by atoms with Crippen molar-refractivity contribution in [1.82, 2.24) is 14.8 Å². The summed E-state index contributed by atoms with van der Waals surface area (Å²) in [6.07, 6.45) is 4.38. The van der Waals surface area contributed by atoms with E-state index in [1.807, 2.05) is 0 Å². The summed E-state index contributed by atoms with van der Waals surface area (Å²) in [5, 5.41) is 13.1. The van der Waals surface area contributed by atoms with E-state index in [4.69, 9.17) is 9.84 Å². The van der Waals surface area contributed by atoms with Gasteiger partial charge in [0.05, 0.1) is 23.7 Å². The SMILES string of the molecule is CCCn1cc(Oc2ccc(C(=O)O)c(C)n2)cn1. The Hall–Kier alpha value is -2.37. The molecule has 2 rings (SSSR count). The van der Waals surface area contributed by atoms with E-state index in [-0.39, 0.29) is 5.56 Å². The molecular weight excluding hydrogens is 246 g/mol. The van der Waals surface area contributed by atoms with Gasteiger partial charge in [0.25, 0.3) is 0 Å². The number of nitrogens with zero attached hydrogens (tertiary/aromatic N) is 3. The van der Waals surface area contributed by atoms with Gasteiger partial charge in [-0.25, -0.2) is 9.78 Å². The van der Waals surface area contributed by atoms with Crippen LogP contribution in [0.2, 0.25) is 0 Å². The Balaban J connectivity index is 2.14. The minimum Gasteiger partial charge on any atom is -0.478 e. The van der Waals surface area contributed by atoms with E-state index in [0.717, 1.165) is 13.0 Å². The smallest absolute Gasteiger partial charge is 0.337 e. The number of carboxylic acid groups (broad SMARTS) is 1. The molecule has 0 aliphatic carbocycles. The van der Waals surface area contributed by atoms with Crippen LogP contribution in [0.15, 0.2) is 24.5 Å². The molecule has 0 amide bonds. The highest BCUT2D eigenvalue weighted by Crippen LogP contribution is 2.20. The normalized spacial score (nSPS) is 10.4. The Labute approximate surface area is 110 Å². The maximum atomic E-state index is 10.9. The summed E-state index contributed by atoms with van der Waals surface area (Å²) in [5.74, 6) is -0.0470. The predicted octanol–water partition coefficient (Wildman–Crippen LogP) is 2.49. The van der Waals surface area contributed by atoms with Crippen molar-refractivity contribution in [3.63, 3.8) is 0 Å². The minimum absolute atomic E-state index is 0.175. The summed E-state index contributed by atoms with van der Waals surface area (Å²) in [4.78, 5) is 15.0. The molecule has 0 spiro atoms. The van der Waals surface area contributed by atoms with Gasteiger partial charge in [0.15, 0.2) is 5.75 Å². The lowest BCUT2D eigenvalue weighted by Crippen LogP contribution is -2.02. The molecule has 1 N–H and O–H groups in total. The van der Waals surface area contributed by atoms with Gasteiger partial charge in [-0.1, -0.05) is 6.92 Å². The lowest BCUT2D eigenvalue weighted by atomic mass is 10.2. The number of hydrogen-bond acceptors (Lipinski definition) is 4. The van der Waals surface area contributed by atoms with Gasteiger partial charge in [0, 0.05) is 12.6 Å². The van der Waals surface area contributed by atoms with E-state index in [1.165, 1.54) is 12.1 Å². The number of rotatable bonds is 5. The fraction of sp³-hybridized carbons (Fsp3) is 0.308. The highest BCUT2D eigenvalue weighted by molar-refractivity contribution is 5.88. The third kappa shape index (κ3) is 3.09. The van der Waals surface area contributed by atoms with Gasteiger partial charge >= 0.3 is 5.97 Å². The fourth-order valence-electron chi connectivity index (χ4n) is 1.69. The van der Waals surface area contributed by atoms with E-state index in [1.54, 1.807) is 24.0 Å². The molecule has 0 atom stereocenters. The van der Waals surface area contributed by atoms with Crippen LogP contribution in [0.5, 0.6) is 11.6 Å². The molecule has 6 nitrogen and oxygen atoms in total. The molecule has 100 valence electrons. The zero-order chi connectivity index (χ0) is 13.8. The third-order valence-corrected chi connectivity index (χ3v) is 2.58. The van der Waals surface area contributed by atoms with Gasteiger partial charge in [-0.3, -0.25) is 4.68 Å². The van der Waals surface area contributed by atoms with Crippen LogP contribution < -0.4 is 4.74 Å². The Kier molecular flexibility index (Phi) is 3.79. The second-order valence-corrected chi connectivity index (χ2v) is 4.13. The van der Waals surface area contributed by atoms with Gasteiger partial charge in [0.2, 0.25) is 5.88 Å². The molecule has 0 aliphatic heterocycles. The summed E-state index contributed by atoms with van der Waals surface area (Å²) < 4.78 is 7.32. The lowest BCUT2D eigenvalue weighted by molar-refractivity contribution is 0.0695. The summed E-state index contributed by atoms with van der Waals surface area (Å²) >= 11 is 0. The van der Waals surface area contributed by atoms with E-state index in [2.05, 4.69) is 17.0 Å². The Morgan fingerprint density at radius 2 is 2.26 bits per heavy atom. The van der Waals surface area contributed by atoms with E-state index >= 15 is 0 Å². The average molecular weight is 261 g/mol. The van der Waals surface area contributed by atoms with Crippen molar-refractivity contribution in [1.29, 1.82) is 0 Å². The highest BCUT2D eigenvalue weighted by Gasteiger charge is 2.10. The van der Waals surface area contributed by atoms with Crippen molar-refractivity contribution in [2.45, 2.75) is 26.8 Å². The molecule has 0 radical (unpaired) electrons. The van der Waals surface area contributed by atoms with Crippen LogP contribution in [0, 0.1) is 6.92 Å². The van der Waals surface area contributed by atoms with Crippen LogP contribution >= 0.6 is 0 Å². The molecule has 0 aliphatic rings. The van der Waals surface area contributed by atoms with Crippen molar-refractivity contribution < 1.29 is 14.6 Å². The van der Waals surface area contributed by atoms with Gasteiger partial charge < -0.3 is 9.84 Å². The molecule has 0 saturated heterocycles. The molecule has 0 aromatic carbocycles. The Bertz CT molecular complexity index is 593. The Morgan fingerprint density at radius 3 is 2.89 bits per heavy atom. The van der Waals surface area contributed by atoms with E-state index in [9.17, 15) is 4.79 Å². The van der Waals surface area contributed by atoms with Crippen LogP contribution in [0.1, 0.15) is 29.4 Å². The first-order chi connectivity index (χ1) is 9.10. The maximum absolute atomic E-state index is 10.9. The second kappa shape index (κ2) is 5.51. The molecule has 2 aromatic heterocycles. The number of ether oxygens (including phenoxy) is 1. The number of carboxylic acids is 1. The number of aryl methyl sites for hydroxylation is 2. The quantitative estimate of drug-likeness (QED) is 0.894. The van der Waals surface area contributed by atoms with Crippen LogP contribution in [0.25, 0.3) is 0 Å². The van der Waals surface area contributed by atoms with Crippen molar-refractivity contribution in [3.8, 4) is 11.6 Å². The van der Waals surface area contributed by atoms with Crippen LogP contribution in [-0.4, -0.2) is 25.8 Å². The highest BCUT2D eigenvalue weighted by atomic mass is 16.5. The molecule has 0 fully saturated rings. The molecule has 6 heteroatoms. The average Bonchev–Trinajstić information content (AvgIpc) is 2.76. The summed E-state index contributed by atoms with van der Waals surface area (Å²) in [7, 11) is 0. The van der Waals surface area contributed by atoms with Gasteiger partial charge in [-0.2, -0.15) is 5.10 Å². The molecule has 2 aromatic rings. The van der Waals surface area contributed by atoms with Gasteiger partial charge in [0.1, 0.15) is 0 Å². The second-order valence-electron chi connectivity index (χ2n) is 4.13. The molecule has 0 saturated carbocycles. The number of hydrogen-bond donors (Lipinski definition) is 1. The topological polar surface area (TPSA) is 77.2 Å². The molecule has 19 heavy (non-hydrogen) atoms. The first-order valence-electron chi connectivity index (χ1n) is 6.01. The van der Waals surface area contributed by atoms with Crippen molar-refractivity contribution in [2.24, 2.45) is 0 Å². The van der Waals surface area contributed by atoms with Crippen molar-refractivity contribution >= 4 is 5.97 Å². The van der Waals surface area contributed by atoms with E-state index < -0.39 is 5.97 Å². The number of carbonyl (C=O) groups is 1. The van der Waals surface area contributed by atoms with Crippen molar-refractivity contribution in [3.05, 3.63) is 35.8 Å². The van der Waals surface area contributed by atoms with Crippen molar-refractivity contribution in [2.75, 3.05) is 0 Å². The summed E-state index contributed by atoms with van der Waals surface area (Å²) in [6.45, 7) is 4.53. The lowest BCUT2D eigenvalue weighted by Gasteiger charge is -2.04. The zero-order valence-corrected chi connectivity index (χ0v) is 10.8. The number of pyridine rings is 1. The monoisotopic (exact) mass is 261 g/mol. The Morgan fingerprint density at radius 1 is 1.47 bits per heavy atom. The third-order valence-electron chi connectivity index (χ3n) is 2.58. The summed E-state index contributed by atoms with van der Waals surface area (Å²) in [6, 6.07) is 3.02. The van der Waals surface area contributed by atoms with Crippen LogP contribution in [0.4, 0.5) is 0 Å². The number of aromatic carboxylic acids is 1. The zero-order valence-electron chi connectivity index (χ0n) is 10.8. The maximum Gasteiger partial charge on any atom is 0.337 e. The largest absolute Gasteiger partial charge is 0.478 e. The van der Waals surface area contributed by atoms with Gasteiger partial charge in [-0.05, 0) is 19.4 Å². The summed E-state index contributed by atoms with van der Waals surface area (Å²) in [5.41, 5.74) is 0.597. The first-order valence-corrected chi connectivity index (χ1v) is 6.01. The van der Waals surface area contributed by atoms with Crippen LogP contribution in [0.3, 0.4) is 0 Å². The predicted molar refractivity (Wildman–Crippen MR) is 68.5 cm³/mol. The molecule has 2 heterocycles. The minimum atomic E-state index is -0.993. The van der Waals surface area contributed by atoms with Crippen LogP contribution in [-0.2, 0) is 6.54 Å².